The maximum absolute atomic E-state index is 12.8. The molecule has 3 aromatic rings. The van der Waals surface area contributed by atoms with E-state index in [1.54, 1.807) is 36.4 Å². The van der Waals surface area contributed by atoms with E-state index in [4.69, 9.17) is 32.4 Å². The number of hydrogen-bond acceptors (Lipinski definition) is 4. The molecule has 1 amide bonds. The minimum atomic E-state index is -0.0878. The predicted octanol–water partition coefficient (Wildman–Crippen LogP) is 5.12. The van der Waals surface area contributed by atoms with Crippen LogP contribution in [0.3, 0.4) is 0 Å². The van der Waals surface area contributed by atoms with E-state index >= 15 is 0 Å². The molecule has 1 aromatic heterocycles. The molecule has 0 saturated carbocycles. The van der Waals surface area contributed by atoms with Gasteiger partial charge >= 0.3 is 0 Å². The Labute approximate surface area is 185 Å². The smallest absolute Gasteiger partial charge is 0.289 e. The van der Waals surface area contributed by atoms with Crippen LogP contribution in [0.2, 0.25) is 10.0 Å². The van der Waals surface area contributed by atoms with Crippen LogP contribution in [0.15, 0.2) is 65.1 Å². The zero-order valence-corrected chi connectivity index (χ0v) is 17.9. The van der Waals surface area contributed by atoms with Gasteiger partial charge in [0.25, 0.3) is 5.91 Å². The molecule has 2 heterocycles. The first-order valence-corrected chi connectivity index (χ1v) is 10.6. The molecule has 5 nitrogen and oxygen atoms in total. The molecule has 156 valence electrons. The zero-order chi connectivity index (χ0) is 20.9. The van der Waals surface area contributed by atoms with Crippen LogP contribution in [0.1, 0.15) is 21.9 Å². The van der Waals surface area contributed by atoms with Crippen molar-refractivity contribution in [2.45, 2.75) is 13.2 Å². The van der Waals surface area contributed by atoms with E-state index in [0.29, 0.717) is 35.4 Å². The number of nitrogens with zero attached hydrogens (tertiary/aromatic N) is 2. The van der Waals surface area contributed by atoms with Crippen LogP contribution >= 0.6 is 23.2 Å². The Balaban J connectivity index is 1.27. The van der Waals surface area contributed by atoms with Gasteiger partial charge in [0.1, 0.15) is 18.1 Å². The Morgan fingerprint density at radius 2 is 1.70 bits per heavy atom. The maximum Gasteiger partial charge on any atom is 0.289 e. The molecule has 0 N–H and O–H groups in total. The summed E-state index contributed by atoms with van der Waals surface area (Å²) in [4.78, 5) is 16.9. The van der Waals surface area contributed by atoms with Gasteiger partial charge in [0.15, 0.2) is 5.76 Å². The molecule has 30 heavy (non-hydrogen) atoms. The maximum atomic E-state index is 12.8. The van der Waals surface area contributed by atoms with Crippen molar-refractivity contribution in [3.63, 3.8) is 0 Å². The first-order valence-electron chi connectivity index (χ1n) is 9.80. The second-order valence-electron chi connectivity index (χ2n) is 7.21. The molecule has 0 bridgehead atoms. The summed E-state index contributed by atoms with van der Waals surface area (Å²) in [7, 11) is 0. The second kappa shape index (κ2) is 9.56. The minimum absolute atomic E-state index is 0.0878. The first-order chi connectivity index (χ1) is 14.6. The lowest BCUT2D eigenvalue weighted by atomic mass is 10.2. The van der Waals surface area contributed by atoms with Gasteiger partial charge < -0.3 is 14.1 Å². The molecule has 0 spiro atoms. The van der Waals surface area contributed by atoms with Gasteiger partial charge in [-0.2, -0.15) is 0 Å². The Bertz CT molecular complexity index is 996. The monoisotopic (exact) mass is 444 g/mol. The van der Waals surface area contributed by atoms with E-state index in [0.717, 1.165) is 24.7 Å². The number of carbonyl (C=O) groups is 1. The normalized spacial score (nSPS) is 14.7. The lowest BCUT2D eigenvalue weighted by Crippen LogP contribution is -2.48. The topological polar surface area (TPSA) is 45.9 Å². The molecule has 2 aromatic carbocycles. The number of piperazine rings is 1. The summed E-state index contributed by atoms with van der Waals surface area (Å²) in [6.45, 7) is 4.03. The summed E-state index contributed by atoms with van der Waals surface area (Å²) in [6.07, 6.45) is 0. The highest BCUT2D eigenvalue weighted by molar-refractivity contribution is 6.30. The fraction of sp³-hybridized carbons (Fsp3) is 0.261. The van der Waals surface area contributed by atoms with Gasteiger partial charge in [-0.25, -0.2) is 0 Å². The number of ether oxygens (including phenoxy) is 1. The number of halogens is 2. The van der Waals surface area contributed by atoms with Crippen LogP contribution in [0.4, 0.5) is 0 Å². The van der Waals surface area contributed by atoms with E-state index in [1.807, 2.05) is 23.1 Å². The molecular weight excluding hydrogens is 423 g/mol. The van der Waals surface area contributed by atoms with E-state index in [1.165, 1.54) is 5.56 Å². The molecule has 0 atom stereocenters. The second-order valence-corrected chi connectivity index (χ2v) is 8.08. The Hall–Kier alpha value is -2.47. The summed E-state index contributed by atoms with van der Waals surface area (Å²) in [6, 6.07) is 18.5. The van der Waals surface area contributed by atoms with Crippen molar-refractivity contribution in [1.82, 2.24) is 9.80 Å². The molecule has 1 aliphatic heterocycles. The molecule has 0 unspecified atom stereocenters. The van der Waals surface area contributed by atoms with Gasteiger partial charge in [0.05, 0.1) is 0 Å². The van der Waals surface area contributed by atoms with Crippen molar-refractivity contribution in [2.75, 3.05) is 26.2 Å². The lowest BCUT2D eigenvalue weighted by Gasteiger charge is -2.34. The summed E-state index contributed by atoms with van der Waals surface area (Å²) in [5, 5.41) is 1.40. The van der Waals surface area contributed by atoms with Crippen molar-refractivity contribution in [2.24, 2.45) is 0 Å². The summed E-state index contributed by atoms with van der Waals surface area (Å²) in [5.74, 6) is 1.55. The standard InChI is InChI=1S/C23H22Cl2N2O3/c24-18-4-6-20(7-5-18)29-16-21-8-9-22(30-21)23(28)27-12-10-26(11-13-27)15-17-2-1-3-19(25)14-17/h1-9,14H,10-13,15-16H2. The first kappa shape index (κ1) is 20.8. The van der Waals surface area contributed by atoms with E-state index in [9.17, 15) is 4.79 Å². The molecular formula is C23H22Cl2N2O3. The van der Waals surface area contributed by atoms with E-state index in [2.05, 4.69) is 11.0 Å². The van der Waals surface area contributed by atoms with Gasteiger partial charge in [-0.05, 0) is 54.1 Å². The molecule has 1 fully saturated rings. The third kappa shape index (κ3) is 5.36. The SMILES string of the molecule is O=C(c1ccc(COc2ccc(Cl)cc2)o1)N1CCN(Cc2cccc(Cl)c2)CC1. The highest BCUT2D eigenvalue weighted by Crippen LogP contribution is 2.19. The van der Waals surface area contributed by atoms with Gasteiger partial charge in [0.2, 0.25) is 0 Å². The largest absolute Gasteiger partial charge is 0.486 e. The van der Waals surface area contributed by atoms with Crippen LogP contribution in [-0.2, 0) is 13.2 Å². The molecule has 4 rings (SSSR count). The van der Waals surface area contributed by atoms with Crippen LogP contribution in [-0.4, -0.2) is 41.9 Å². The fourth-order valence-corrected chi connectivity index (χ4v) is 3.75. The molecule has 1 saturated heterocycles. The molecule has 7 heteroatoms. The van der Waals surface area contributed by atoms with Crippen molar-refractivity contribution in [3.05, 3.63) is 87.8 Å². The number of benzene rings is 2. The van der Waals surface area contributed by atoms with Crippen molar-refractivity contribution in [1.29, 1.82) is 0 Å². The quantitative estimate of drug-likeness (QED) is 0.528. The third-order valence-electron chi connectivity index (χ3n) is 5.02. The average molecular weight is 445 g/mol. The Kier molecular flexibility index (Phi) is 6.62. The van der Waals surface area contributed by atoms with Gasteiger partial charge in [-0.15, -0.1) is 0 Å². The van der Waals surface area contributed by atoms with Crippen LogP contribution in [0.5, 0.6) is 5.75 Å². The predicted molar refractivity (Wildman–Crippen MR) is 117 cm³/mol. The third-order valence-corrected chi connectivity index (χ3v) is 5.51. The van der Waals surface area contributed by atoms with Crippen molar-refractivity contribution in [3.8, 4) is 5.75 Å². The Morgan fingerprint density at radius 3 is 2.43 bits per heavy atom. The number of hydrogen-bond donors (Lipinski definition) is 0. The number of carbonyl (C=O) groups excluding carboxylic acids is 1. The summed E-state index contributed by atoms with van der Waals surface area (Å²) < 4.78 is 11.4. The minimum Gasteiger partial charge on any atom is -0.486 e. The van der Waals surface area contributed by atoms with E-state index < -0.39 is 0 Å². The average Bonchev–Trinajstić information content (AvgIpc) is 3.22. The lowest BCUT2D eigenvalue weighted by molar-refractivity contribution is 0.0594. The molecule has 1 aliphatic rings. The molecule has 0 radical (unpaired) electrons. The van der Waals surface area contributed by atoms with Gasteiger partial charge in [-0.1, -0.05) is 35.3 Å². The van der Waals surface area contributed by atoms with Crippen molar-refractivity contribution >= 4 is 29.1 Å². The highest BCUT2D eigenvalue weighted by atomic mass is 35.5. The van der Waals surface area contributed by atoms with Crippen LogP contribution < -0.4 is 4.74 Å². The van der Waals surface area contributed by atoms with Crippen LogP contribution in [0, 0.1) is 0 Å². The van der Waals surface area contributed by atoms with Crippen LogP contribution in [0.25, 0.3) is 0 Å². The number of rotatable bonds is 6. The zero-order valence-electron chi connectivity index (χ0n) is 16.4. The molecule has 0 aliphatic carbocycles. The van der Waals surface area contributed by atoms with Gasteiger partial charge in [0, 0.05) is 42.8 Å². The van der Waals surface area contributed by atoms with Crippen molar-refractivity contribution < 1.29 is 13.9 Å². The summed E-state index contributed by atoms with van der Waals surface area (Å²) in [5.41, 5.74) is 1.18. The Morgan fingerprint density at radius 1 is 0.933 bits per heavy atom. The highest BCUT2D eigenvalue weighted by Gasteiger charge is 2.24. The number of furan rings is 1. The fourth-order valence-electron chi connectivity index (χ4n) is 3.41. The van der Waals surface area contributed by atoms with Gasteiger partial charge in [-0.3, -0.25) is 9.69 Å². The number of amides is 1. The van der Waals surface area contributed by atoms with E-state index in [-0.39, 0.29) is 12.5 Å². The summed E-state index contributed by atoms with van der Waals surface area (Å²) >= 11 is 11.9.